The highest BCUT2D eigenvalue weighted by Gasteiger charge is 2.11. The van der Waals surface area contributed by atoms with Crippen LogP contribution >= 0.6 is 0 Å². The molecule has 0 unspecified atom stereocenters. The molecule has 8 aromatic carbocycles. The molecule has 0 amide bonds. The van der Waals surface area contributed by atoms with Crippen LogP contribution in [-0.2, 0) is 6.42 Å². The van der Waals surface area contributed by atoms with Crippen molar-refractivity contribution in [2.24, 2.45) is 0 Å². The Morgan fingerprint density at radius 2 is 1.08 bits per heavy atom. The zero-order valence-electron chi connectivity index (χ0n) is 36.7. The Bertz CT molecular complexity index is 2980. The standard InChI is InChI=1S/C62H54N2/c1-3-5-6-14-47-64(58-44-38-55(39-45-58)62-29-16-24-53-22-11-13-27-60(53)62)57-42-32-49(33-43-57)31-34-50(18-4-2)51(35-30-48-19-8-7-9-20-48)25-17-46-63-56-40-36-54(37-41-56)61-28-15-23-52-21-10-12-26-59(52)61/h3-30,32-46,63H,31,47H2,1-2H3/b5-3-,14-6-,18-4-,35-30-,46-17+,50-34+,51-25+. The minimum absolute atomic E-state index is 0.753. The van der Waals surface area contributed by atoms with Crippen LogP contribution in [0, 0.1) is 0 Å². The van der Waals surface area contributed by atoms with E-state index in [4.69, 9.17) is 0 Å². The number of nitrogens with zero attached hydrogens (tertiary/aromatic N) is 1. The summed E-state index contributed by atoms with van der Waals surface area (Å²) in [6, 6.07) is 67.3. The third-order valence-electron chi connectivity index (χ3n) is 11.4. The lowest BCUT2D eigenvalue weighted by Gasteiger charge is -2.24. The van der Waals surface area contributed by atoms with Gasteiger partial charge in [-0.2, -0.15) is 0 Å². The quantitative estimate of drug-likeness (QED) is 0.0976. The minimum atomic E-state index is 0.753. The van der Waals surface area contributed by atoms with Gasteiger partial charge in [-0.1, -0.05) is 212 Å². The number of fused-ring (bicyclic) bond motifs is 2. The largest absolute Gasteiger partial charge is 0.362 e. The molecule has 0 aliphatic carbocycles. The van der Waals surface area contributed by atoms with E-state index in [-0.39, 0.29) is 0 Å². The topological polar surface area (TPSA) is 15.3 Å². The van der Waals surface area contributed by atoms with Crippen LogP contribution in [-0.4, -0.2) is 6.54 Å². The van der Waals surface area contributed by atoms with E-state index in [1.165, 1.54) is 49.4 Å². The highest BCUT2D eigenvalue weighted by molar-refractivity contribution is 5.97. The molecule has 8 rings (SSSR count). The van der Waals surface area contributed by atoms with Crippen LogP contribution < -0.4 is 10.2 Å². The van der Waals surface area contributed by atoms with E-state index >= 15 is 0 Å². The fourth-order valence-electron chi connectivity index (χ4n) is 8.03. The normalized spacial score (nSPS) is 12.5. The van der Waals surface area contributed by atoms with Gasteiger partial charge in [0.05, 0.1) is 0 Å². The first-order valence-corrected chi connectivity index (χ1v) is 22.2. The second kappa shape index (κ2) is 21.7. The van der Waals surface area contributed by atoms with Gasteiger partial charge < -0.3 is 10.2 Å². The molecule has 0 aliphatic rings. The van der Waals surface area contributed by atoms with Crippen molar-refractivity contribution in [3.63, 3.8) is 0 Å². The summed E-state index contributed by atoms with van der Waals surface area (Å²) in [7, 11) is 0. The van der Waals surface area contributed by atoms with E-state index < -0.39 is 0 Å². The molecule has 2 heteroatoms. The SMILES string of the molecule is C/C=C\C=C/CN(c1ccc(C/C=C(\C=C/C)C(/C=C\c2ccccc2)=C/C=C/Nc2ccc(-c3cccc4ccccc34)cc2)cc1)c1ccc(-c2cccc3ccccc23)cc1. The predicted octanol–water partition coefficient (Wildman–Crippen LogP) is 16.9. The van der Waals surface area contributed by atoms with Gasteiger partial charge in [0.25, 0.3) is 0 Å². The lowest BCUT2D eigenvalue weighted by atomic mass is 9.98. The van der Waals surface area contributed by atoms with Gasteiger partial charge in [-0.05, 0) is 129 Å². The van der Waals surface area contributed by atoms with Crippen LogP contribution in [0.25, 0.3) is 49.9 Å². The van der Waals surface area contributed by atoms with E-state index in [2.05, 4.69) is 272 Å². The molecule has 312 valence electrons. The molecule has 1 N–H and O–H groups in total. The van der Waals surface area contributed by atoms with Crippen molar-refractivity contribution >= 4 is 44.7 Å². The molecule has 0 heterocycles. The van der Waals surface area contributed by atoms with Crippen molar-refractivity contribution in [2.75, 3.05) is 16.8 Å². The number of anilines is 3. The summed E-state index contributed by atoms with van der Waals surface area (Å²) in [4.78, 5) is 2.37. The van der Waals surface area contributed by atoms with Crippen molar-refractivity contribution in [1.29, 1.82) is 0 Å². The smallest absolute Gasteiger partial charge is 0.0415 e. The lowest BCUT2D eigenvalue weighted by molar-refractivity contribution is 1.09. The predicted molar refractivity (Wildman–Crippen MR) is 279 cm³/mol. The molecule has 64 heavy (non-hydrogen) atoms. The van der Waals surface area contributed by atoms with Crippen LogP contribution in [0.4, 0.5) is 17.1 Å². The van der Waals surface area contributed by atoms with Crippen molar-refractivity contribution in [1.82, 2.24) is 0 Å². The maximum absolute atomic E-state index is 3.48. The van der Waals surface area contributed by atoms with Crippen LogP contribution in [0.2, 0.25) is 0 Å². The van der Waals surface area contributed by atoms with E-state index in [0.29, 0.717) is 0 Å². The van der Waals surface area contributed by atoms with Crippen LogP contribution in [0.1, 0.15) is 25.0 Å². The number of hydrogen-bond acceptors (Lipinski definition) is 2. The molecule has 8 aromatic rings. The number of rotatable bonds is 16. The Labute approximate surface area is 379 Å². The fourth-order valence-corrected chi connectivity index (χ4v) is 8.03. The first-order valence-electron chi connectivity index (χ1n) is 22.2. The van der Waals surface area contributed by atoms with Gasteiger partial charge in [0.1, 0.15) is 0 Å². The second-order valence-electron chi connectivity index (χ2n) is 15.6. The maximum Gasteiger partial charge on any atom is 0.0415 e. The molecule has 0 spiro atoms. The lowest BCUT2D eigenvalue weighted by Crippen LogP contribution is -2.16. The number of benzene rings is 8. The average molecular weight is 827 g/mol. The summed E-state index contributed by atoms with van der Waals surface area (Å²) >= 11 is 0. The zero-order valence-corrected chi connectivity index (χ0v) is 36.7. The summed E-state index contributed by atoms with van der Waals surface area (Å²) in [5, 5.41) is 8.52. The Kier molecular flexibility index (Phi) is 14.5. The van der Waals surface area contributed by atoms with Crippen LogP contribution in [0.3, 0.4) is 0 Å². The maximum atomic E-state index is 3.48. The molecule has 0 radical (unpaired) electrons. The van der Waals surface area contributed by atoms with Gasteiger partial charge >= 0.3 is 0 Å². The number of hydrogen-bond donors (Lipinski definition) is 1. The Hall–Kier alpha value is -7.94. The first-order chi connectivity index (χ1) is 31.7. The molecule has 0 aliphatic heterocycles. The zero-order chi connectivity index (χ0) is 43.8. The summed E-state index contributed by atoms with van der Waals surface area (Å²) in [6.07, 6.45) is 26.6. The molecule has 0 aromatic heterocycles. The number of allylic oxidation sites excluding steroid dienone is 11. The van der Waals surface area contributed by atoms with Crippen molar-refractivity contribution in [3.05, 3.63) is 277 Å². The summed E-state index contributed by atoms with van der Waals surface area (Å²) in [5.74, 6) is 0. The molecule has 0 fully saturated rings. The molecule has 0 saturated carbocycles. The molecule has 0 saturated heterocycles. The second-order valence-corrected chi connectivity index (χ2v) is 15.6. The number of nitrogens with one attached hydrogen (secondary N) is 1. The first kappa shape index (κ1) is 42.7. The molecule has 0 bridgehead atoms. The van der Waals surface area contributed by atoms with Gasteiger partial charge in [0, 0.05) is 29.8 Å². The summed E-state index contributed by atoms with van der Waals surface area (Å²) in [5.41, 5.74) is 12.9. The van der Waals surface area contributed by atoms with Gasteiger partial charge in [0.15, 0.2) is 0 Å². The van der Waals surface area contributed by atoms with Gasteiger partial charge in [-0.15, -0.1) is 0 Å². The third kappa shape index (κ3) is 10.9. The monoisotopic (exact) mass is 826 g/mol. The van der Waals surface area contributed by atoms with Crippen LogP contribution in [0.5, 0.6) is 0 Å². The molecule has 2 nitrogen and oxygen atoms in total. The molecular weight excluding hydrogens is 773 g/mol. The van der Waals surface area contributed by atoms with E-state index in [1.807, 2.05) is 13.1 Å². The van der Waals surface area contributed by atoms with E-state index in [9.17, 15) is 0 Å². The highest BCUT2D eigenvalue weighted by Crippen LogP contribution is 2.33. The fraction of sp³-hybridized carbons (Fsp3) is 0.0645. The Balaban J connectivity index is 1.00. The summed E-state index contributed by atoms with van der Waals surface area (Å²) in [6.45, 7) is 4.88. The third-order valence-corrected chi connectivity index (χ3v) is 11.4. The van der Waals surface area contributed by atoms with E-state index in [0.717, 1.165) is 46.7 Å². The average Bonchev–Trinajstić information content (AvgIpc) is 3.35. The van der Waals surface area contributed by atoms with Crippen molar-refractivity contribution in [2.45, 2.75) is 20.3 Å². The molecular formula is C62H54N2. The van der Waals surface area contributed by atoms with Gasteiger partial charge in [-0.25, -0.2) is 0 Å². The minimum Gasteiger partial charge on any atom is -0.362 e. The van der Waals surface area contributed by atoms with Crippen molar-refractivity contribution in [3.8, 4) is 22.3 Å². The van der Waals surface area contributed by atoms with Gasteiger partial charge in [0.2, 0.25) is 0 Å². The van der Waals surface area contributed by atoms with Gasteiger partial charge in [-0.3, -0.25) is 0 Å². The van der Waals surface area contributed by atoms with E-state index in [1.54, 1.807) is 0 Å². The van der Waals surface area contributed by atoms with Crippen molar-refractivity contribution < 1.29 is 0 Å². The summed E-state index contributed by atoms with van der Waals surface area (Å²) < 4.78 is 0. The Morgan fingerprint density at radius 3 is 1.70 bits per heavy atom. The van der Waals surface area contributed by atoms with Crippen LogP contribution in [0.15, 0.2) is 266 Å². The highest BCUT2D eigenvalue weighted by atomic mass is 15.1. The Morgan fingerprint density at radius 1 is 0.500 bits per heavy atom. The molecule has 0 atom stereocenters.